The zero-order valence-corrected chi connectivity index (χ0v) is 18.7. The molecule has 0 saturated carbocycles. The molecule has 170 valence electrons. The number of halogens is 1. The minimum absolute atomic E-state index is 0.190. The summed E-state index contributed by atoms with van der Waals surface area (Å²) in [5.41, 5.74) is 3.02. The van der Waals surface area contributed by atoms with Crippen molar-refractivity contribution in [2.45, 2.75) is 18.9 Å². The maximum absolute atomic E-state index is 15.1. The number of hydrogen-bond acceptors (Lipinski definition) is 6. The van der Waals surface area contributed by atoms with Gasteiger partial charge in [0.1, 0.15) is 22.7 Å². The van der Waals surface area contributed by atoms with Crippen LogP contribution in [0, 0.1) is 11.7 Å². The third kappa shape index (κ3) is 3.34. The van der Waals surface area contributed by atoms with E-state index in [0.717, 1.165) is 32.5 Å². The van der Waals surface area contributed by atoms with Crippen molar-refractivity contribution in [2.75, 3.05) is 43.9 Å². The molecule has 3 aliphatic rings. The number of aromatic nitrogens is 4. The molecule has 3 N–H and O–H groups in total. The number of rotatable bonds is 4. The van der Waals surface area contributed by atoms with Gasteiger partial charge in [-0.15, -0.1) is 0 Å². The fourth-order valence-corrected chi connectivity index (χ4v) is 5.30. The average Bonchev–Trinajstić information content (AvgIpc) is 3.23. The Balaban J connectivity index is 1.58. The SMILES string of the molecule is CN(C)c1cc2[nH]c(=O)c(-c3nc4cccnc4[nH]3)c(N[C@H]3CN4CCC3CC4)c2cc1F. The molecule has 1 atom stereocenters. The topological polar surface area (TPSA) is 92.9 Å². The standard InChI is InChI=1S/C24H26FN7O/c1-31(2)19-11-17-14(10-15(19)25)21(27-18-12-32-8-5-13(18)6-9-32)20(24(33)29-17)23-28-16-4-3-7-26-22(16)30-23/h3-4,7,10-11,13,18H,5-6,8-9,12H2,1-2H3,(H,26,28,30)(H2,27,29,33)/t18-/m0/s1. The van der Waals surface area contributed by atoms with Gasteiger partial charge in [0.25, 0.3) is 5.56 Å². The van der Waals surface area contributed by atoms with E-state index in [2.05, 4.69) is 30.2 Å². The van der Waals surface area contributed by atoms with E-state index in [4.69, 9.17) is 0 Å². The lowest BCUT2D eigenvalue weighted by molar-refractivity contribution is 0.0976. The van der Waals surface area contributed by atoms with Crippen LogP contribution in [0.15, 0.2) is 35.3 Å². The molecule has 3 fully saturated rings. The molecule has 0 aliphatic carbocycles. The van der Waals surface area contributed by atoms with Crippen molar-refractivity contribution in [1.82, 2.24) is 24.8 Å². The normalized spacial score (nSPS) is 22.2. The first kappa shape index (κ1) is 20.2. The first-order valence-corrected chi connectivity index (χ1v) is 11.3. The van der Waals surface area contributed by atoms with E-state index in [1.54, 1.807) is 31.3 Å². The van der Waals surface area contributed by atoms with Crippen LogP contribution in [-0.4, -0.2) is 64.6 Å². The average molecular weight is 448 g/mol. The molecule has 3 aliphatic heterocycles. The summed E-state index contributed by atoms with van der Waals surface area (Å²) in [6.07, 6.45) is 3.93. The number of aromatic amines is 2. The van der Waals surface area contributed by atoms with Crippen LogP contribution in [0.1, 0.15) is 12.8 Å². The zero-order chi connectivity index (χ0) is 22.7. The van der Waals surface area contributed by atoms with Gasteiger partial charge in [0, 0.05) is 38.3 Å². The number of nitrogens with one attached hydrogen (secondary N) is 3. The van der Waals surface area contributed by atoms with Gasteiger partial charge in [-0.05, 0) is 56.1 Å². The monoisotopic (exact) mass is 447 g/mol. The van der Waals surface area contributed by atoms with Gasteiger partial charge in [0.15, 0.2) is 5.65 Å². The molecule has 3 aromatic heterocycles. The van der Waals surface area contributed by atoms with Crippen LogP contribution in [0.3, 0.4) is 0 Å². The van der Waals surface area contributed by atoms with Crippen molar-refractivity contribution in [3.05, 3.63) is 46.6 Å². The molecule has 1 aromatic carbocycles. The summed E-state index contributed by atoms with van der Waals surface area (Å²) in [6, 6.07) is 7.05. The van der Waals surface area contributed by atoms with Crippen LogP contribution in [-0.2, 0) is 0 Å². The smallest absolute Gasteiger partial charge is 0.261 e. The van der Waals surface area contributed by atoms with Crippen molar-refractivity contribution < 1.29 is 4.39 Å². The van der Waals surface area contributed by atoms with Gasteiger partial charge in [-0.2, -0.15) is 0 Å². The highest BCUT2D eigenvalue weighted by atomic mass is 19.1. The van der Waals surface area contributed by atoms with Crippen molar-refractivity contribution in [3.8, 4) is 11.4 Å². The lowest BCUT2D eigenvalue weighted by Gasteiger charge is -2.45. The molecule has 0 spiro atoms. The number of anilines is 2. The van der Waals surface area contributed by atoms with E-state index in [1.165, 1.54) is 6.07 Å². The van der Waals surface area contributed by atoms with Gasteiger partial charge in [-0.3, -0.25) is 4.79 Å². The quantitative estimate of drug-likeness (QED) is 0.445. The molecule has 4 aromatic rings. The first-order valence-electron chi connectivity index (χ1n) is 11.3. The number of fused-ring (bicyclic) bond motifs is 5. The van der Waals surface area contributed by atoms with Crippen LogP contribution < -0.4 is 15.8 Å². The molecule has 3 saturated heterocycles. The molecular formula is C24H26FN7O. The number of nitrogens with zero attached hydrogens (tertiary/aromatic N) is 4. The Morgan fingerprint density at radius 3 is 2.73 bits per heavy atom. The lowest BCUT2D eigenvalue weighted by atomic mass is 9.83. The van der Waals surface area contributed by atoms with E-state index in [1.807, 2.05) is 12.1 Å². The minimum atomic E-state index is -0.339. The van der Waals surface area contributed by atoms with E-state index in [9.17, 15) is 4.79 Å². The molecule has 0 radical (unpaired) electrons. The van der Waals surface area contributed by atoms with Gasteiger partial charge in [-0.1, -0.05) is 0 Å². The molecule has 7 rings (SSSR count). The van der Waals surface area contributed by atoms with Crippen LogP contribution in [0.4, 0.5) is 15.8 Å². The largest absolute Gasteiger partial charge is 0.379 e. The van der Waals surface area contributed by atoms with E-state index >= 15 is 4.39 Å². The molecule has 6 heterocycles. The van der Waals surface area contributed by atoms with Gasteiger partial charge < -0.3 is 25.1 Å². The summed E-state index contributed by atoms with van der Waals surface area (Å²) in [4.78, 5) is 32.6. The molecule has 0 amide bonds. The zero-order valence-electron chi connectivity index (χ0n) is 18.7. The van der Waals surface area contributed by atoms with Crippen molar-refractivity contribution in [2.24, 2.45) is 5.92 Å². The Morgan fingerprint density at radius 1 is 1.21 bits per heavy atom. The maximum Gasteiger partial charge on any atom is 0.261 e. The van der Waals surface area contributed by atoms with E-state index < -0.39 is 0 Å². The Labute approximate surface area is 189 Å². The van der Waals surface area contributed by atoms with Gasteiger partial charge >= 0.3 is 0 Å². The predicted octanol–water partition coefficient (Wildman–Crippen LogP) is 3.18. The first-order chi connectivity index (χ1) is 16.0. The number of H-pyrrole nitrogens is 2. The summed E-state index contributed by atoms with van der Waals surface area (Å²) < 4.78 is 15.1. The highest BCUT2D eigenvalue weighted by molar-refractivity contribution is 6.00. The van der Waals surface area contributed by atoms with E-state index in [-0.39, 0.29) is 17.4 Å². The summed E-state index contributed by atoms with van der Waals surface area (Å²) >= 11 is 0. The third-order valence-electron chi connectivity index (χ3n) is 7.04. The maximum atomic E-state index is 15.1. The lowest BCUT2D eigenvalue weighted by Crippen LogP contribution is -2.53. The summed E-state index contributed by atoms with van der Waals surface area (Å²) in [6.45, 7) is 3.14. The minimum Gasteiger partial charge on any atom is -0.379 e. The van der Waals surface area contributed by atoms with Crippen LogP contribution in [0.2, 0.25) is 0 Å². The number of pyridine rings is 2. The molecular weight excluding hydrogens is 421 g/mol. The third-order valence-corrected chi connectivity index (χ3v) is 7.04. The molecule has 8 nitrogen and oxygen atoms in total. The number of benzene rings is 1. The fraction of sp³-hybridized carbons (Fsp3) is 0.375. The van der Waals surface area contributed by atoms with Gasteiger partial charge in [-0.25, -0.2) is 14.4 Å². The number of piperidine rings is 3. The Morgan fingerprint density at radius 2 is 2.03 bits per heavy atom. The van der Waals surface area contributed by atoms with Gasteiger partial charge in [0.05, 0.1) is 16.9 Å². The fourth-order valence-electron chi connectivity index (χ4n) is 5.30. The van der Waals surface area contributed by atoms with Crippen LogP contribution >= 0.6 is 0 Å². The van der Waals surface area contributed by atoms with Crippen molar-refractivity contribution in [3.63, 3.8) is 0 Å². The molecule has 2 bridgehead atoms. The Bertz CT molecular complexity index is 1380. The Kier molecular flexibility index (Phi) is 4.62. The predicted molar refractivity (Wildman–Crippen MR) is 128 cm³/mol. The second-order valence-corrected chi connectivity index (χ2v) is 9.29. The second kappa shape index (κ2) is 7.55. The molecule has 33 heavy (non-hydrogen) atoms. The highest BCUT2D eigenvalue weighted by Crippen LogP contribution is 2.37. The summed E-state index contributed by atoms with van der Waals surface area (Å²) in [5.74, 6) is 0.613. The van der Waals surface area contributed by atoms with Crippen LogP contribution in [0.5, 0.6) is 0 Å². The highest BCUT2D eigenvalue weighted by Gasteiger charge is 2.35. The van der Waals surface area contributed by atoms with E-state index in [0.29, 0.717) is 50.7 Å². The Hall–Kier alpha value is -3.46. The molecule has 9 heteroatoms. The second-order valence-electron chi connectivity index (χ2n) is 9.29. The van der Waals surface area contributed by atoms with Gasteiger partial charge in [0.2, 0.25) is 0 Å². The number of hydrogen-bond donors (Lipinski definition) is 3. The summed E-state index contributed by atoms with van der Waals surface area (Å²) in [5, 5.41) is 4.30. The van der Waals surface area contributed by atoms with Crippen molar-refractivity contribution in [1.29, 1.82) is 0 Å². The van der Waals surface area contributed by atoms with Crippen LogP contribution in [0.25, 0.3) is 33.5 Å². The number of imidazole rings is 1. The summed E-state index contributed by atoms with van der Waals surface area (Å²) in [7, 11) is 3.56. The molecule has 0 unspecified atom stereocenters. The van der Waals surface area contributed by atoms with Crippen molar-refractivity contribution >= 4 is 33.4 Å².